The van der Waals surface area contributed by atoms with Gasteiger partial charge in [-0.1, -0.05) is 12.1 Å². The smallest absolute Gasteiger partial charge is 0.411 e. The van der Waals surface area contributed by atoms with Crippen LogP contribution in [0.15, 0.2) is 48.7 Å². The Morgan fingerprint density at radius 3 is 2.70 bits per heavy atom. The lowest BCUT2D eigenvalue weighted by Gasteiger charge is -2.31. The van der Waals surface area contributed by atoms with Gasteiger partial charge in [0.25, 0.3) is 0 Å². The molecular weight excluding hydrogens is 405 g/mol. The van der Waals surface area contributed by atoms with E-state index in [1.54, 1.807) is 18.3 Å². The molecule has 1 amide bonds. The number of carbonyl (C=O) groups excluding carboxylic acids is 2. The number of nitrogens with one attached hydrogen (secondary N) is 1. The zero-order chi connectivity index (χ0) is 20.9. The average Bonchev–Trinajstić information content (AvgIpc) is 3.24. The molecule has 1 aromatic heterocycles. The Bertz CT molecular complexity index is 1030. The highest BCUT2D eigenvalue weighted by atomic mass is 32.1. The molecule has 0 atom stereocenters. The zero-order valence-electron chi connectivity index (χ0n) is 16.3. The molecule has 0 aliphatic carbocycles. The van der Waals surface area contributed by atoms with Crippen molar-refractivity contribution in [2.45, 2.75) is 12.8 Å². The fourth-order valence-corrected chi connectivity index (χ4v) is 4.39. The van der Waals surface area contributed by atoms with Gasteiger partial charge in [-0.05, 0) is 67.8 Å². The molecule has 0 radical (unpaired) electrons. The largest absolute Gasteiger partial charge is 0.448 e. The summed E-state index contributed by atoms with van der Waals surface area (Å²) < 4.78 is 23.4. The Labute approximate surface area is 177 Å². The van der Waals surface area contributed by atoms with Crippen LogP contribution in [0.2, 0.25) is 0 Å². The maximum Gasteiger partial charge on any atom is 0.411 e. The fourth-order valence-electron chi connectivity index (χ4n) is 3.67. The van der Waals surface area contributed by atoms with Crippen molar-refractivity contribution in [2.24, 2.45) is 5.92 Å². The standard InChI is InChI=1S/C22H22FN3O3S/c23-18-6-4-15(5-7-18)20(27)16-8-10-26(11-9-16)12-13-29-22(28)25-19-3-1-2-17-14-24-30-21(17)19/h1-7,14,16H,8-13H2,(H,25,28). The second-order valence-corrected chi connectivity index (χ2v) is 8.10. The number of fused-ring (bicyclic) bond motifs is 1. The van der Waals surface area contributed by atoms with Crippen molar-refractivity contribution in [1.82, 2.24) is 9.27 Å². The van der Waals surface area contributed by atoms with E-state index in [-0.39, 0.29) is 24.1 Å². The molecule has 1 aliphatic heterocycles. The Hall–Kier alpha value is -2.84. The maximum atomic E-state index is 13.0. The van der Waals surface area contributed by atoms with Crippen molar-refractivity contribution in [2.75, 3.05) is 31.6 Å². The summed E-state index contributed by atoms with van der Waals surface area (Å²) in [6, 6.07) is 11.4. The Morgan fingerprint density at radius 1 is 1.17 bits per heavy atom. The van der Waals surface area contributed by atoms with Gasteiger partial charge in [0.2, 0.25) is 0 Å². The minimum atomic E-state index is -0.489. The number of ether oxygens (including phenoxy) is 1. The van der Waals surface area contributed by atoms with Gasteiger partial charge in [-0.15, -0.1) is 0 Å². The van der Waals surface area contributed by atoms with Gasteiger partial charge in [0.15, 0.2) is 5.78 Å². The Morgan fingerprint density at radius 2 is 1.93 bits per heavy atom. The van der Waals surface area contributed by atoms with Crippen LogP contribution in [0.4, 0.5) is 14.9 Å². The first kappa shape index (κ1) is 20.4. The monoisotopic (exact) mass is 427 g/mol. The molecule has 30 heavy (non-hydrogen) atoms. The molecule has 4 rings (SSSR count). The number of Topliss-reactive ketones (excluding diaryl/α,β-unsaturated/α-hetero) is 1. The quantitative estimate of drug-likeness (QED) is 0.583. The summed E-state index contributed by atoms with van der Waals surface area (Å²) in [5.41, 5.74) is 1.26. The fraction of sp³-hybridized carbons (Fsp3) is 0.318. The van der Waals surface area contributed by atoms with Crippen LogP contribution in [-0.4, -0.2) is 47.4 Å². The van der Waals surface area contributed by atoms with Crippen LogP contribution in [0.25, 0.3) is 10.1 Å². The van der Waals surface area contributed by atoms with E-state index in [9.17, 15) is 14.0 Å². The van der Waals surface area contributed by atoms with E-state index in [0.717, 1.165) is 36.0 Å². The van der Waals surface area contributed by atoms with E-state index >= 15 is 0 Å². The number of hydrogen-bond donors (Lipinski definition) is 1. The highest BCUT2D eigenvalue weighted by molar-refractivity contribution is 7.14. The first-order chi connectivity index (χ1) is 14.6. The number of rotatable bonds is 6. The molecule has 0 saturated carbocycles. The molecule has 0 unspecified atom stereocenters. The lowest BCUT2D eigenvalue weighted by Crippen LogP contribution is -2.38. The predicted octanol–water partition coefficient (Wildman–Crippen LogP) is 4.58. The molecule has 1 aliphatic rings. The highest BCUT2D eigenvalue weighted by Gasteiger charge is 2.25. The molecule has 2 aromatic carbocycles. The number of likely N-dealkylation sites (tertiary alicyclic amines) is 1. The molecule has 0 spiro atoms. The van der Waals surface area contributed by atoms with Gasteiger partial charge in [-0.3, -0.25) is 15.0 Å². The lowest BCUT2D eigenvalue weighted by atomic mass is 9.89. The third-order valence-electron chi connectivity index (χ3n) is 5.35. The van der Waals surface area contributed by atoms with E-state index in [2.05, 4.69) is 14.6 Å². The summed E-state index contributed by atoms with van der Waals surface area (Å²) in [5.74, 6) is -0.313. The number of hydrogen-bond acceptors (Lipinski definition) is 6. The van der Waals surface area contributed by atoms with Crippen LogP contribution < -0.4 is 5.32 Å². The summed E-state index contributed by atoms with van der Waals surface area (Å²) in [7, 11) is 0. The number of ketones is 1. The summed E-state index contributed by atoms with van der Waals surface area (Å²) in [5, 5.41) is 3.75. The molecule has 156 valence electrons. The van der Waals surface area contributed by atoms with Gasteiger partial charge < -0.3 is 4.74 Å². The molecule has 1 saturated heterocycles. The van der Waals surface area contributed by atoms with Crippen LogP contribution in [0.3, 0.4) is 0 Å². The van der Waals surface area contributed by atoms with Gasteiger partial charge in [0.05, 0.1) is 10.4 Å². The van der Waals surface area contributed by atoms with E-state index in [4.69, 9.17) is 4.74 Å². The molecule has 1 N–H and O–H groups in total. The summed E-state index contributed by atoms with van der Waals surface area (Å²) in [6.07, 6.45) is 2.77. The maximum absolute atomic E-state index is 13.0. The van der Waals surface area contributed by atoms with Crippen molar-refractivity contribution >= 4 is 39.2 Å². The number of anilines is 1. The SMILES string of the molecule is O=C(Nc1cccc2cnsc12)OCCN1CCC(C(=O)c2ccc(F)cc2)CC1. The third kappa shape index (κ3) is 4.83. The number of halogens is 1. The summed E-state index contributed by atoms with van der Waals surface area (Å²) in [6.45, 7) is 2.43. The van der Waals surface area contributed by atoms with Gasteiger partial charge in [-0.25, -0.2) is 9.18 Å². The van der Waals surface area contributed by atoms with E-state index in [1.807, 2.05) is 18.2 Å². The summed E-state index contributed by atoms with van der Waals surface area (Å²) in [4.78, 5) is 26.8. The first-order valence-corrected chi connectivity index (χ1v) is 10.7. The van der Waals surface area contributed by atoms with Gasteiger partial charge in [-0.2, -0.15) is 4.37 Å². The molecular formula is C22H22FN3O3S. The molecule has 3 aromatic rings. The average molecular weight is 428 g/mol. The molecule has 6 nitrogen and oxygen atoms in total. The number of benzene rings is 2. The van der Waals surface area contributed by atoms with Crippen molar-refractivity contribution < 1.29 is 18.7 Å². The zero-order valence-corrected chi connectivity index (χ0v) is 17.2. The second kappa shape index (κ2) is 9.32. The van der Waals surface area contributed by atoms with E-state index < -0.39 is 6.09 Å². The van der Waals surface area contributed by atoms with Gasteiger partial charge in [0, 0.05) is 29.6 Å². The van der Waals surface area contributed by atoms with Crippen LogP contribution >= 0.6 is 11.5 Å². The lowest BCUT2D eigenvalue weighted by molar-refractivity contribution is 0.0813. The minimum absolute atomic E-state index is 0.0455. The van der Waals surface area contributed by atoms with Gasteiger partial charge in [0.1, 0.15) is 12.4 Å². The van der Waals surface area contributed by atoms with Crippen molar-refractivity contribution in [3.63, 3.8) is 0 Å². The van der Waals surface area contributed by atoms with Crippen molar-refractivity contribution in [3.8, 4) is 0 Å². The Kier molecular flexibility index (Phi) is 6.35. The van der Waals surface area contributed by atoms with E-state index in [0.29, 0.717) is 17.8 Å². The van der Waals surface area contributed by atoms with Crippen LogP contribution in [0, 0.1) is 11.7 Å². The topological polar surface area (TPSA) is 71.5 Å². The van der Waals surface area contributed by atoms with Crippen molar-refractivity contribution in [3.05, 3.63) is 60.0 Å². The normalized spacial score (nSPS) is 15.2. The summed E-state index contributed by atoms with van der Waals surface area (Å²) >= 11 is 1.33. The molecule has 1 fully saturated rings. The second-order valence-electron chi connectivity index (χ2n) is 7.30. The van der Waals surface area contributed by atoms with Gasteiger partial charge >= 0.3 is 6.09 Å². The van der Waals surface area contributed by atoms with E-state index in [1.165, 1.54) is 23.7 Å². The van der Waals surface area contributed by atoms with Crippen LogP contribution in [0.1, 0.15) is 23.2 Å². The highest BCUT2D eigenvalue weighted by Crippen LogP contribution is 2.26. The number of piperidine rings is 1. The molecule has 8 heteroatoms. The predicted molar refractivity (Wildman–Crippen MR) is 114 cm³/mol. The van der Waals surface area contributed by atoms with Crippen molar-refractivity contribution in [1.29, 1.82) is 0 Å². The Balaban J connectivity index is 1.19. The number of aromatic nitrogens is 1. The molecule has 2 heterocycles. The third-order valence-corrected chi connectivity index (χ3v) is 6.19. The number of amides is 1. The minimum Gasteiger partial charge on any atom is -0.448 e. The van der Waals surface area contributed by atoms with Crippen LogP contribution in [0.5, 0.6) is 0 Å². The number of nitrogens with zero attached hydrogens (tertiary/aromatic N) is 2. The first-order valence-electron chi connectivity index (χ1n) is 9.89. The van der Waals surface area contributed by atoms with Crippen LogP contribution in [-0.2, 0) is 4.74 Å². The number of carbonyl (C=O) groups is 2. The molecule has 0 bridgehead atoms.